The molecule has 3 nitrogen and oxygen atoms in total. The molecule has 2 N–H and O–H groups in total. The second kappa shape index (κ2) is 3.42. The summed E-state index contributed by atoms with van der Waals surface area (Å²) >= 11 is 0. The standard InChI is InChI=1S/C15H14O3/c1-15(2)11-5-3-9(16)7-13(11)18-14-8-10(17)4-6-12(14)15/h3-8,16-17H,1-2H3. The van der Waals surface area contributed by atoms with Gasteiger partial charge in [-0.15, -0.1) is 0 Å². The lowest BCUT2D eigenvalue weighted by Crippen LogP contribution is -2.24. The Morgan fingerprint density at radius 3 is 1.72 bits per heavy atom. The minimum Gasteiger partial charge on any atom is -0.508 e. The Morgan fingerprint density at radius 2 is 1.28 bits per heavy atom. The SMILES string of the molecule is CC1(C)c2ccc(O)cc2Oc2cc(O)ccc21. The van der Waals surface area contributed by atoms with E-state index in [1.165, 1.54) is 0 Å². The minimum absolute atomic E-state index is 0.174. The number of phenols is 2. The molecule has 0 saturated heterocycles. The Hall–Kier alpha value is -2.16. The van der Waals surface area contributed by atoms with Gasteiger partial charge in [-0.3, -0.25) is 0 Å². The highest BCUT2D eigenvalue weighted by Crippen LogP contribution is 2.49. The minimum atomic E-state index is -0.218. The predicted octanol–water partition coefficient (Wildman–Crippen LogP) is 3.53. The first-order chi connectivity index (χ1) is 8.48. The highest BCUT2D eigenvalue weighted by Gasteiger charge is 2.34. The van der Waals surface area contributed by atoms with Crippen LogP contribution in [0.25, 0.3) is 0 Å². The Morgan fingerprint density at radius 1 is 0.833 bits per heavy atom. The summed E-state index contributed by atoms with van der Waals surface area (Å²) in [6, 6.07) is 10.3. The number of hydrogen-bond acceptors (Lipinski definition) is 3. The summed E-state index contributed by atoms with van der Waals surface area (Å²) in [6.07, 6.45) is 0. The van der Waals surface area contributed by atoms with Crippen LogP contribution in [-0.2, 0) is 5.41 Å². The summed E-state index contributed by atoms with van der Waals surface area (Å²) in [5.41, 5.74) is 1.83. The van der Waals surface area contributed by atoms with Crippen molar-refractivity contribution in [3.8, 4) is 23.0 Å². The smallest absolute Gasteiger partial charge is 0.135 e. The van der Waals surface area contributed by atoms with Crippen LogP contribution >= 0.6 is 0 Å². The molecular formula is C15H14O3. The van der Waals surface area contributed by atoms with E-state index in [-0.39, 0.29) is 16.9 Å². The highest BCUT2D eigenvalue weighted by molar-refractivity contribution is 5.59. The van der Waals surface area contributed by atoms with Crippen LogP contribution in [0.4, 0.5) is 0 Å². The zero-order valence-corrected chi connectivity index (χ0v) is 10.3. The van der Waals surface area contributed by atoms with Gasteiger partial charge in [-0.2, -0.15) is 0 Å². The summed E-state index contributed by atoms with van der Waals surface area (Å²) in [7, 11) is 0. The van der Waals surface area contributed by atoms with Crippen LogP contribution in [0.2, 0.25) is 0 Å². The molecule has 92 valence electrons. The van der Waals surface area contributed by atoms with Crippen LogP contribution in [0.1, 0.15) is 25.0 Å². The largest absolute Gasteiger partial charge is 0.508 e. The van der Waals surface area contributed by atoms with Crippen molar-refractivity contribution in [2.45, 2.75) is 19.3 Å². The van der Waals surface area contributed by atoms with Gasteiger partial charge in [0.1, 0.15) is 23.0 Å². The fourth-order valence-corrected chi connectivity index (χ4v) is 2.49. The Kier molecular flexibility index (Phi) is 2.08. The van der Waals surface area contributed by atoms with E-state index in [0.29, 0.717) is 11.5 Å². The van der Waals surface area contributed by atoms with Crippen LogP contribution < -0.4 is 4.74 Å². The molecule has 0 unspecified atom stereocenters. The van der Waals surface area contributed by atoms with E-state index in [4.69, 9.17) is 4.74 Å². The van der Waals surface area contributed by atoms with Gasteiger partial charge in [-0.25, -0.2) is 0 Å². The monoisotopic (exact) mass is 242 g/mol. The fourth-order valence-electron chi connectivity index (χ4n) is 2.49. The molecule has 0 fully saturated rings. The van der Waals surface area contributed by atoms with Gasteiger partial charge in [-0.05, 0) is 12.1 Å². The summed E-state index contributed by atoms with van der Waals surface area (Å²) < 4.78 is 5.75. The van der Waals surface area contributed by atoms with Crippen LogP contribution in [0, 0.1) is 0 Å². The first-order valence-corrected chi connectivity index (χ1v) is 5.83. The van der Waals surface area contributed by atoms with E-state index >= 15 is 0 Å². The first-order valence-electron chi connectivity index (χ1n) is 5.83. The summed E-state index contributed by atoms with van der Waals surface area (Å²) in [5, 5.41) is 19.1. The number of ether oxygens (including phenoxy) is 1. The summed E-state index contributed by atoms with van der Waals surface area (Å²) in [5.74, 6) is 1.62. The van der Waals surface area contributed by atoms with Gasteiger partial charge in [0.05, 0.1) is 0 Å². The maximum Gasteiger partial charge on any atom is 0.135 e. The van der Waals surface area contributed by atoms with Gasteiger partial charge in [0.15, 0.2) is 0 Å². The van der Waals surface area contributed by atoms with Crippen molar-refractivity contribution >= 4 is 0 Å². The lowest BCUT2D eigenvalue weighted by atomic mass is 9.76. The molecule has 18 heavy (non-hydrogen) atoms. The average molecular weight is 242 g/mol. The van der Waals surface area contributed by atoms with Gasteiger partial charge in [-0.1, -0.05) is 26.0 Å². The van der Waals surface area contributed by atoms with Crippen LogP contribution in [0.15, 0.2) is 36.4 Å². The number of rotatable bonds is 0. The van der Waals surface area contributed by atoms with Crippen molar-refractivity contribution in [1.82, 2.24) is 0 Å². The topological polar surface area (TPSA) is 49.7 Å². The molecule has 2 aromatic carbocycles. The Bertz CT molecular complexity index is 576. The van der Waals surface area contributed by atoms with E-state index in [1.54, 1.807) is 24.3 Å². The number of phenolic OH excluding ortho intramolecular Hbond substituents is 2. The molecule has 0 radical (unpaired) electrons. The van der Waals surface area contributed by atoms with Gasteiger partial charge in [0, 0.05) is 28.7 Å². The lowest BCUT2D eigenvalue weighted by Gasteiger charge is -2.34. The molecule has 0 saturated carbocycles. The van der Waals surface area contributed by atoms with Gasteiger partial charge in [0.2, 0.25) is 0 Å². The van der Waals surface area contributed by atoms with Gasteiger partial charge < -0.3 is 14.9 Å². The van der Waals surface area contributed by atoms with E-state index in [0.717, 1.165) is 11.1 Å². The molecule has 0 aliphatic carbocycles. The average Bonchev–Trinajstić information content (AvgIpc) is 2.27. The maximum absolute atomic E-state index is 9.53. The summed E-state index contributed by atoms with van der Waals surface area (Å²) in [6.45, 7) is 4.20. The van der Waals surface area contributed by atoms with Gasteiger partial charge in [0.25, 0.3) is 0 Å². The predicted molar refractivity (Wildman–Crippen MR) is 68.4 cm³/mol. The molecule has 1 heterocycles. The lowest BCUT2D eigenvalue weighted by molar-refractivity contribution is 0.403. The van der Waals surface area contributed by atoms with E-state index in [2.05, 4.69) is 13.8 Å². The second-order valence-corrected chi connectivity index (χ2v) is 5.09. The van der Waals surface area contributed by atoms with Crippen LogP contribution in [-0.4, -0.2) is 10.2 Å². The van der Waals surface area contributed by atoms with E-state index in [9.17, 15) is 10.2 Å². The van der Waals surface area contributed by atoms with Crippen molar-refractivity contribution in [2.24, 2.45) is 0 Å². The van der Waals surface area contributed by atoms with E-state index in [1.807, 2.05) is 12.1 Å². The molecule has 2 aromatic rings. The molecule has 3 heteroatoms. The number of fused-ring (bicyclic) bond motifs is 2. The van der Waals surface area contributed by atoms with Crippen molar-refractivity contribution in [1.29, 1.82) is 0 Å². The normalized spacial score (nSPS) is 15.4. The zero-order chi connectivity index (χ0) is 12.9. The number of benzene rings is 2. The zero-order valence-electron chi connectivity index (χ0n) is 10.3. The van der Waals surface area contributed by atoms with E-state index < -0.39 is 0 Å². The molecule has 0 amide bonds. The van der Waals surface area contributed by atoms with Crippen LogP contribution in [0.5, 0.6) is 23.0 Å². The molecule has 1 aliphatic heterocycles. The van der Waals surface area contributed by atoms with Crippen molar-refractivity contribution in [2.75, 3.05) is 0 Å². The third kappa shape index (κ3) is 1.44. The second-order valence-electron chi connectivity index (χ2n) is 5.09. The van der Waals surface area contributed by atoms with Crippen molar-refractivity contribution < 1.29 is 14.9 Å². The van der Waals surface area contributed by atoms with Crippen molar-refractivity contribution in [3.05, 3.63) is 47.5 Å². The molecule has 1 aliphatic rings. The fraction of sp³-hybridized carbons (Fsp3) is 0.200. The molecule has 0 spiro atoms. The number of aromatic hydroxyl groups is 2. The summed E-state index contributed by atoms with van der Waals surface area (Å²) in [4.78, 5) is 0. The molecular weight excluding hydrogens is 228 g/mol. The van der Waals surface area contributed by atoms with Gasteiger partial charge >= 0.3 is 0 Å². The first kappa shape index (κ1) is 11.0. The molecule has 0 aromatic heterocycles. The Labute approximate surface area is 105 Å². The quantitative estimate of drug-likeness (QED) is 0.743. The Balaban J connectivity index is 2.25. The van der Waals surface area contributed by atoms with Crippen molar-refractivity contribution in [3.63, 3.8) is 0 Å². The maximum atomic E-state index is 9.53. The third-order valence-electron chi connectivity index (χ3n) is 3.50. The molecule has 0 bridgehead atoms. The van der Waals surface area contributed by atoms with Crippen LogP contribution in [0.3, 0.4) is 0 Å². The molecule has 3 rings (SSSR count). The molecule has 0 atom stereocenters. The third-order valence-corrected chi connectivity index (χ3v) is 3.50. The highest BCUT2D eigenvalue weighted by atomic mass is 16.5. The number of hydrogen-bond donors (Lipinski definition) is 2.